The summed E-state index contributed by atoms with van der Waals surface area (Å²) in [5, 5.41) is 9.02. The molecule has 2 aromatic rings. The van der Waals surface area contributed by atoms with E-state index in [4.69, 9.17) is 9.63 Å². The van der Waals surface area contributed by atoms with Gasteiger partial charge in [0.2, 0.25) is 5.88 Å². The number of hydrogen-bond donors (Lipinski definition) is 1. The van der Waals surface area contributed by atoms with Crippen molar-refractivity contribution in [1.29, 1.82) is 0 Å². The average Bonchev–Trinajstić information content (AvgIpc) is 2.39. The van der Waals surface area contributed by atoms with E-state index in [1.54, 1.807) is 0 Å². The number of nitrogens with zero attached hydrogens (tertiary/aromatic N) is 2. The van der Waals surface area contributed by atoms with Crippen molar-refractivity contribution in [3.05, 3.63) is 30.0 Å². The lowest BCUT2D eigenvalue weighted by atomic mass is 10.3. The predicted molar refractivity (Wildman–Crippen MR) is 67.1 cm³/mol. The Kier molecular flexibility index (Phi) is 5.09. The third-order valence-corrected chi connectivity index (χ3v) is 2.09. The topological polar surface area (TPSA) is 55.2 Å². The number of aromatic nitrogens is 2. The van der Waals surface area contributed by atoms with Crippen LogP contribution in [0.1, 0.15) is 19.5 Å². The third-order valence-electron chi connectivity index (χ3n) is 1.87. The van der Waals surface area contributed by atoms with Gasteiger partial charge in [-0.2, -0.15) is 0 Å². The average molecular weight is 238 g/mol. The van der Waals surface area contributed by atoms with E-state index in [1.807, 2.05) is 38.1 Å². The maximum atomic E-state index is 9.02. The molecule has 4 nitrogen and oxygen atoms in total. The molecule has 1 aromatic heterocycles. The fraction of sp³-hybridized carbons (Fsp3) is 0.273. The lowest BCUT2D eigenvalue weighted by Crippen LogP contribution is -1.96. The first kappa shape index (κ1) is 12.8. The Morgan fingerprint density at radius 3 is 2.25 bits per heavy atom. The van der Waals surface area contributed by atoms with Crippen molar-refractivity contribution in [2.24, 2.45) is 0 Å². The van der Waals surface area contributed by atoms with Gasteiger partial charge in [-0.05, 0) is 12.1 Å². The molecule has 1 N–H and O–H groups in total. The predicted octanol–water partition coefficient (Wildman–Crippen LogP) is 2.32. The Balaban J connectivity index is 0.000000606. The number of aliphatic hydroxyl groups is 1. The molecule has 5 heteroatoms. The number of benzene rings is 1. The highest BCUT2D eigenvalue weighted by molar-refractivity contribution is 7.10. The first-order valence-corrected chi connectivity index (χ1v) is 5.55. The second kappa shape index (κ2) is 6.36. The lowest BCUT2D eigenvalue weighted by molar-refractivity contribution is 0.273. The van der Waals surface area contributed by atoms with E-state index in [9.17, 15) is 0 Å². The smallest absolute Gasteiger partial charge is 0.240 e. The second-order valence-electron chi connectivity index (χ2n) is 2.74. The van der Waals surface area contributed by atoms with Gasteiger partial charge in [0.25, 0.3) is 0 Å². The van der Waals surface area contributed by atoms with Crippen LogP contribution in [0.15, 0.2) is 24.3 Å². The van der Waals surface area contributed by atoms with E-state index in [2.05, 4.69) is 19.4 Å². The largest absolute Gasteiger partial charge is 0.462 e. The fourth-order valence-corrected chi connectivity index (χ4v) is 1.41. The van der Waals surface area contributed by atoms with E-state index >= 15 is 0 Å². The molecule has 0 fully saturated rings. The Labute approximate surface area is 97.0 Å². The Bertz CT molecular complexity index is 420. The SMILES string of the molecule is CC.OCc1nc2ccccc2nc1OP. The van der Waals surface area contributed by atoms with Gasteiger partial charge in [-0.25, -0.2) is 9.97 Å². The molecule has 0 aliphatic heterocycles. The molecule has 1 unspecified atom stereocenters. The summed E-state index contributed by atoms with van der Waals surface area (Å²) in [6.45, 7) is 3.82. The lowest BCUT2D eigenvalue weighted by Gasteiger charge is -2.05. The molecular weight excluding hydrogens is 223 g/mol. The normalized spacial score (nSPS) is 9.50. The molecule has 1 atom stereocenters. The molecule has 1 heterocycles. The maximum Gasteiger partial charge on any atom is 0.240 e. The van der Waals surface area contributed by atoms with Gasteiger partial charge in [-0.15, -0.1) is 0 Å². The summed E-state index contributed by atoms with van der Waals surface area (Å²) in [6, 6.07) is 7.44. The van der Waals surface area contributed by atoms with Gasteiger partial charge < -0.3 is 9.63 Å². The van der Waals surface area contributed by atoms with Crippen molar-refractivity contribution in [2.45, 2.75) is 20.5 Å². The van der Waals surface area contributed by atoms with Gasteiger partial charge in [0.05, 0.1) is 27.1 Å². The van der Waals surface area contributed by atoms with Crippen LogP contribution in [-0.2, 0) is 6.61 Å². The Morgan fingerprint density at radius 1 is 1.19 bits per heavy atom. The molecule has 0 spiro atoms. The molecule has 16 heavy (non-hydrogen) atoms. The van der Waals surface area contributed by atoms with Crippen molar-refractivity contribution in [2.75, 3.05) is 0 Å². The second-order valence-corrected chi connectivity index (χ2v) is 2.98. The van der Waals surface area contributed by atoms with Crippen LogP contribution in [0.2, 0.25) is 0 Å². The number of para-hydroxylation sites is 2. The monoisotopic (exact) mass is 238 g/mol. The highest BCUT2D eigenvalue weighted by Gasteiger charge is 2.07. The summed E-state index contributed by atoms with van der Waals surface area (Å²) in [7, 11) is 2.09. The summed E-state index contributed by atoms with van der Waals surface area (Å²) in [5.74, 6) is 0.344. The van der Waals surface area contributed by atoms with Crippen LogP contribution in [0.3, 0.4) is 0 Å². The number of fused-ring (bicyclic) bond motifs is 1. The van der Waals surface area contributed by atoms with Crippen LogP contribution in [0.25, 0.3) is 11.0 Å². The number of aliphatic hydroxyl groups excluding tert-OH is 1. The summed E-state index contributed by atoms with van der Waals surface area (Å²) in [4.78, 5) is 8.41. The van der Waals surface area contributed by atoms with Gasteiger partial charge in [0.15, 0.2) is 0 Å². The molecule has 2 rings (SSSR count). The molecule has 0 saturated heterocycles. The highest BCUT2D eigenvalue weighted by Crippen LogP contribution is 2.19. The first-order valence-electron chi connectivity index (χ1n) is 5.08. The van der Waals surface area contributed by atoms with Crippen LogP contribution in [0.5, 0.6) is 5.88 Å². The van der Waals surface area contributed by atoms with Crippen LogP contribution in [0, 0.1) is 0 Å². The fourth-order valence-electron chi connectivity index (χ4n) is 1.22. The zero-order chi connectivity index (χ0) is 12.0. The molecule has 86 valence electrons. The van der Waals surface area contributed by atoms with Crippen LogP contribution in [0.4, 0.5) is 0 Å². The molecule has 1 aromatic carbocycles. The molecular formula is C11H15N2O2P. The van der Waals surface area contributed by atoms with E-state index in [1.165, 1.54) is 0 Å². The summed E-state index contributed by atoms with van der Waals surface area (Å²) in [5.41, 5.74) is 1.95. The van der Waals surface area contributed by atoms with Crippen molar-refractivity contribution in [3.8, 4) is 5.88 Å². The number of rotatable bonds is 2. The summed E-state index contributed by atoms with van der Waals surface area (Å²) < 4.78 is 4.93. The van der Waals surface area contributed by atoms with Crippen molar-refractivity contribution < 1.29 is 9.63 Å². The standard InChI is InChI=1S/C9H9N2O2P.C2H6/c12-5-8-9(13-14)11-7-4-2-1-3-6(7)10-8;1-2/h1-4,12H,5,14H2;1-2H3. The van der Waals surface area contributed by atoms with Crippen molar-refractivity contribution in [3.63, 3.8) is 0 Å². The zero-order valence-electron chi connectivity index (χ0n) is 9.34. The van der Waals surface area contributed by atoms with Crippen molar-refractivity contribution in [1.82, 2.24) is 9.97 Å². The van der Waals surface area contributed by atoms with E-state index in [0.717, 1.165) is 11.0 Å². The Hall–Kier alpha value is -1.25. The van der Waals surface area contributed by atoms with Crippen LogP contribution >= 0.6 is 9.47 Å². The minimum Gasteiger partial charge on any atom is -0.462 e. The zero-order valence-corrected chi connectivity index (χ0v) is 10.5. The van der Waals surface area contributed by atoms with E-state index < -0.39 is 0 Å². The molecule has 0 aliphatic carbocycles. The minimum atomic E-state index is -0.179. The quantitative estimate of drug-likeness (QED) is 0.816. The highest BCUT2D eigenvalue weighted by atomic mass is 31.0. The van der Waals surface area contributed by atoms with Crippen LogP contribution < -0.4 is 4.52 Å². The molecule has 0 bridgehead atoms. The Morgan fingerprint density at radius 2 is 1.75 bits per heavy atom. The van der Waals surface area contributed by atoms with Crippen LogP contribution in [-0.4, -0.2) is 15.1 Å². The molecule has 0 amide bonds. The van der Waals surface area contributed by atoms with Gasteiger partial charge >= 0.3 is 0 Å². The van der Waals surface area contributed by atoms with Crippen molar-refractivity contribution >= 4 is 20.5 Å². The van der Waals surface area contributed by atoms with Gasteiger partial charge in [0, 0.05) is 0 Å². The molecule has 0 saturated carbocycles. The summed E-state index contributed by atoms with van der Waals surface area (Å²) in [6.07, 6.45) is 0. The molecule has 0 aliphatic rings. The third kappa shape index (κ3) is 2.65. The van der Waals surface area contributed by atoms with Gasteiger partial charge in [0.1, 0.15) is 5.69 Å². The first-order chi connectivity index (χ1) is 7.85. The minimum absolute atomic E-state index is 0.179. The van der Waals surface area contributed by atoms with Gasteiger partial charge in [-0.1, -0.05) is 26.0 Å². The van der Waals surface area contributed by atoms with E-state index in [0.29, 0.717) is 11.6 Å². The summed E-state index contributed by atoms with van der Waals surface area (Å²) >= 11 is 0. The maximum absolute atomic E-state index is 9.02. The molecule has 0 radical (unpaired) electrons. The van der Waals surface area contributed by atoms with Gasteiger partial charge in [-0.3, -0.25) is 0 Å². The van der Waals surface area contributed by atoms with E-state index in [-0.39, 0.29) is 6.61 Å². The number of hydrogen-bond acceptors (Lipinski definition) is 4.